The third-order valence-corrected chi connectivity index (χ3v) is 3.46. The Balaban J connectivity index is 2.21. The predicted molar refractivity (Wildman–Crippen MR) is 61.1 cm³/mol. The van der Waals surface area contributed by atoms with E-state index in [4.69, 9.17) is 5.73 Å². The summed E-state index contributed by atoms with van der Waals surface area (Å²) in [6.07, 6.45) is 3.55. The van der Waals surface area contributed by atoms with Crippen molar-refractivity contribution in [1.29, 1.82) is 0 Å². The minimum atomic E-state index is -3.05. The number of hydrogen-bond acceptors (Lipinski definition) is 4. The quantitative estimate of drug-likeness (QED) is 0.654. The molecule has 1 saturated heterocycles. The van der Waals surface area contributed by atoms with Crippen molar-refractivity contribution in [2.24, 2.45) is 11.7 Å². The van der Waals surface area contributed by atoms with E-state index >= 15 is 0 Å². The number of likely N-dealkylation sites (tertiary alicyclic amines) is 1. The molecule has 1 atom stereocenters. The van der Waals surface area contributed by atoms with Gasteiger partial charge in [-0.3, -0.25) is 0 Å². The van der Waals surface area contributed by atoms with Crippen molar-refractivity contribution in [2.45, 2.75) is 12.8 Å². The molecule has 1 unspecified atom stereocenters. The molecule has 0 aromatic carbocycles. The summed E-state index contributed by atoms with van der Waals surface area (Å²) in [5.74, 6) is 0.581. The lowest BCUT2D eigenvalue weighted by Crippen LogP contribution is -2.42. The maximum atomic E-state index is 10.8. The molecule has 0 spiro atoms. The summed E-state index contributed by atoms with van der Waals surface area (Å²) >= 11 is 0. The molecule has 1 rings (SSSR count). The van der Waals surface area contributed by atoms with Crippen molar-refractivity contribution in [1.82, 2.24) is 9.62 Å². The Morgan fingerprint density at radius 3 is 2.87 bits per heavy atom. The molecule has 0 bridgehead atoms. The zero-order valence-corrected chi connectivity index (χ0v) is 10.1. The molecule has 1 fully saturated rings. The monoisotopic (exact) mass is 235 g/mol. The van der Waals surface area contributed by atoms with E-state index in [0.717, 1.165) is 26.2 Å². The van der Waals surface area contributed by atoms with Crippen LogP contribution in [0.2, 0.25) is 0 Å². The fraction of sp³-hybridized carbons (Fsp3) is 1.00. The van der Waals surface area contributed by atoms with E-state index in [-0.39, 0.29) is 0 Å². The van der Waals surface area contributed by atoms with Gasteiger partial charge in [0.05, 0.1) is 6.26 Å². The van der Waals surface area contributed by atoms with Gasteiger partial charge >= 0.3 is 0 Å². The Labute approximate surface area is 92.1 Å². The highest BCUT2D eigenvalue weighted by atomic mass is 32.2. The van der Waals surface area contributed by atoms with Crippen molar-refractivity contribution in [3.63, 3.8) is 0 Å². The summed E-state index contributed by atoms with van der Waals surface area (Å²) in [6.45, 7) is 4.07. The van der Waals surface area contributed by atoms with E-state index in [1.807, 2.05) is 0 Å². The highest BCUT2D eigenvalue weighted by Gasteiger charge is 2.18. The SMILES string of the molecule is CS(=O)(=O)NCCN1CCCC(CN)C1. The number of nitrogens with one attached hydrogen (secondary N) is 1. The van der Waals surface area contributed by atoms with Crippen LogP contribution in [0.4, 0.5) is 0 Å². The summed E-state index contributed by atoms with van der Waals surface area (Å²) in [5, 5.41) is 0. The molecular weight excluding hydrogens is 214 g/mol. The van der Waals surface area contributed by atoms with Crippen LogP contribution in [0.25, 0.3) is 0 Å². The second kappa shape index (κ2) is 5.79. The normalized spacial score (nSPS) is 24.3. The molecular formula is C9H21N3O2S. The molecule has 15 heavy (non-hydrogen) atoms. The van der Waals surface area contributed by atoms with Gasteiger partial charge in [-0.25, -0.2) is 13.1 Å². The Kier molecular flexibility index (Phi) is 4.98. The van der Waals surface area contributed by atoms with Crippen molar-refractivity contribution < 1.29 is 8.42 Å². The van der Waals surface area contributed by atoms with Crippen LogP contribution in [0, 0.1) is 5.92 Å². The lowest BCUT2D eigenvalue weighted by Gasteiger charge is -2.31. The molecule has 1 heterocycles. The molecule has 0 aromatic heterocycles. The molecule has 1 aliphatic rings. The van der Waals surface area contributed by atoms with Crippen LogP contribution in [-0.4, -0.2) is 52.3 Å². The fourth-order valence-electron chi connectivity index (χ4n) is 1.94. The molecule has 90 valence electrons. The van der Waals surface area contributed by atoms with Gasteiger partial charge in [0.15, 0.2) is 0 Å². The van der Waals surface area contributed by atoms with Crippen LogP contribution < -0.4 is 10.5 Å². The van der Waals surface area contributed by atoms with E-state index in [1.54, 1.807) is 0 Å². The average molecular weight is 235 g/mol. The predicted octanol–water partition coefficient (Wildman–Crippen LogP) is -0.794. The summed E-state index contributed by atoms with van der Waals surface area (Å²) in [5.41, 5.74) is 5.63. The molecule has 0 amide bonds. The van der Waals surface area contributed by atoms with Crippen LogP contribution >= 0.6 is 0 Å². The fourth-order valence-corrected chi connectivity index (χ4v) is 2.40. The highest BCUT2D eigenvalue weighted by Crippen LogP contribution is 2.14. The second-order valence-corrected chi connectivity index (χ2v) is 6.04. The standard InChI is InChI=1S/C9H21N3O2S/c1-15(13,14)11-4-6-12-5-2-3-9(7-10)8-12/h9,11H,2-8,10H2,1H3. The minimum absolute atomic E-state index is 0.496. The number of hydrogen-bond donors (Lipinski definition) is 2. The number of nitrogens with two attached hydrogens (primary N) is 1. The molecule has 0 aromatic rings. The molecule has 0 aliphatic carbocycles. The molecule has 1 aliphatic heterocycles. The Morgan fingerprint density at radius 1 is 1.53 bits per heavy atom. The minimum Gasteiger partial charge on any atom is -0.330 e. The Morgan fingerprint density at radius 2 is 2.27 bits per heavy atom. The van der Waals surface area contributed by atoms with Crippen LogP contribution in [0.3, 0.4) is 0 Å². The zero-order valence-electron chi connectivity index (χ0n) is 9.28. The summed E-state index contributed by atoms with van der Waals surface area (Å²) in [7, 11) is -3.05. The number of piperidine rings is 1. The first kappa shape index (κ1) is 12.9. The van der Waals surface area contributed by atoms with Crippen molar-refractivity contribution in [2.75, 3.05) is 39.0 Å². The average Bonchev–Trinajstić information content (AvgIpc) is 2.16. The van der Waals surface area contributed by atoms with E-state index in [1.165, 1.54) is 19.1 Å². The van der Waals surface area contributed by atoms with Crippen molar-refractivity contribution in [3.05, 3.63) is 0 Å². The molecule has 0 saturated carbocycles. The van der Waals surface area contributed by atoms with E-state index in [0.29, 0.717) is 12.5 Å². The van der Waals surface area contributed by atoms with Gasteiger partial charge in [0.2, 0.25) is 10.0 Å². The largest absolute Gasteiger partial charge is 0.330 e. The molecule has 0 radical (unpaired) electrons. The highest BCUT2D eigenvalue weighted by molar-refractivity contribution is 7.88. The van der Waals surface area contributed by atoms with E-state index in [2.05, 4.69) is 9.62 Å². The van der Waals surface area contributed by atoms with Gasteiger partial charge < -0.3 is 10.6 Å². The van der Waals surface area contributed by atoms with Crippen LogP contribution in [0.1, 0.15) is 12.8 Å². The lowest BCUT2D eigenvalue weighted by atomic mass is 9.98. The van der Waals surface area contributed by atoms with Crippen LogP contribution in [-0.2, 0) is 10.0 Å². The smallest absolute Gasteiger partial charge is 0.208 e. The summed E-state index contributed by atoms with van der Waals surface area (Å²) in [6, 6.07) is 0. The van der Waals surface area contributed by atoms with Gasteiger partial charge in [-0.15, -0.1) is 0 Å². The van der Waals surface area contributed by atoms with Crippen LogP contribution in [0.15, 0.2) is 0 Å². The van der Waals surface area contributed by atoms with Crippen molar-refractivity contribution in [3.8, 4) is 0 Å². The van der Waals surface area contributed by atoms with Gasteiger partial charge in [-0.1, -0.05) is 0 Å². The van der Waals surface area contributed by atoms with Gasteiger partial charge in [0, 0.05) is 19.6 Å². The van der Waals surface area contributed by atoms with E-state index in [9.17, 15) is 8.42 Å². The first-order chi connectivity index (χ1) is 7.01. The zero-order chi connectivity index (χ0) is 11.3. The Bertz CT molecular complexity index is 279. The molecule has 6 heteroatoms. The van der Waals surface area contributed by atoms with Gasteiger partial charge in [-0.05, 0) is 31.8 Å². The second-order valence-electron chi connectivity index (χ2n) is 4.21. The van der Waals surface area contributed by atoms with Crippen LogP contribution in [0.5, 0.6) is 0 Å². The third-order valence-electron chi connectivity index (χ3n) is 2.73. The number of nitrogens with zero attached hydrogens (tertiary/aromatic N) is 1. The summed E-state index contributed by atoms with van der Waals surface area (Å²) in [4.78, 5) is 2.28. The molecule has 3 N–H and O–H groups in total. The van der Waals surface area contributed by atoms with E-state index < -0.39 is 10.0 Å². The summed E-state index contributed by atoms with van der Waals surface area (Å²) < 4.78 is 24.2. The topological polar surface area (TPSA) is 75.4 Å². The van der Waals surface area contributed by atoms with Gasteiger partial charge in [0.1, 0.15) is 0 Å². The Hall–Kier alpha value is -0.170. The third kappa shape index (κ3) is 5.46. The lowest BCUT2D eigenvalue weighted by molar-refractivity contribution is 0.181. The number of sulfonamides is 1. The van der Waals surface area contributed by atoms with Gasteiger partial charge in [0.25, 0.3) is 0 Å². The first-order valence-corrected chi connectivity index (χ1v) is 7.27. The first-order valence-electron chi connectivity index (χ1n) is 5.38. The molecule has 5 nitrogen and oxygen atoms in total. The number of rotatable bonds is 5. The maximum Gasteiger partial charge on any atom is 0.208 e. The van der Waals surface area contributed by atoms with Crippen molar-refractivity contribution >= 4 is 10.0 Å². The van der Waals surface area contributed by atoms with Gasteiger partial charge in [-0.2, -0.15) is 0 Å². The maximum absolute atomic E-state index is 10.8.